The molecule has 0 saturated carbocycles. The van der Waals surface area contributed by atoms with Crippen LogP contribution >= 0.6 is 0 Å². The van der Waals surface area contributed by atoms with Crippen LogP contribution < -0.4 is 5.32 Å². The first kappa shape index (κ1) is 18.6. The lowest BCUT2D eigenvalue weighted by Crippen LogP contribution is -2.51. The molecule has 1 atom stereocenters. The van der Waals surface area contributed by atoms with Crippen molar-refractivity contribution in [3.63, 3.8) is 0 Å². The summed E-state index contributed by atoms with van der Waals surface area (Å²) in [6, 6.07) is 0. The topological polar surface area (TPSA) is 66.0 Å². The Hall–Kier alpha value is -0.690. The van der Waals surface area contributed by atoms with E-state index in [1.54, 1.807) is 7.11 Å². The fraction of sp³-hybridized carbons (Fsp3) is 0.941. The van der Waals surface area contributed by atoms with Gasteiger partial charge in [-0.25, -0.2) is 0 Å². The first-order chi connectivity index (χ1) is 10.7. The number of ether oxygens (including phenoxy) is 4. The van der Waals surface area contributed by atoms with E-state index in [1.165, 1.54) is 0 Å². The van der Waals surface area contributed by atoms with Crippen LogP contribution in [0, 0.1) is 16.7 Å². The standard InChI is InChI=1S/C17H31NO5/c1-15(2,6-7-20-5)14(19)18-11-16(3,4)13-10-21-12-17(13)22-8-9-23-17/h13H,6-12H2,1-5H3,(H,18,19)/t13-/m0/s1. The molecule has 0 radical (unpaired) electrons. The molecule has 2 saturated heterocycles. The summed E-state index contributed by atoms with van der Waals surface area (Å²) in [5.41, 5.74) is -0.635. The fourth-order valence-electron chi connectivity index (χ4n) is 3.26. The minimum atomic E-state index is -0.639. The summed E-state index contributed by atoms with van der Waals surface area (Å²) in [7, 11) is 1.65. The van der Waals surface area contributed by atoms with Gasteiger partial charge in [-0.3, -0.25) is 4.79 Å². The Morgan fingerprint density at radius 2 is 1.91 bits per heavy atom. The average Bonchev–Trinajstić information content (AvgIpc) is 3.13. The summed E-state index contributed by atoms with van der Waals surface area (Å²) in [4.78, 5) is 12.5. The summed E-state index contributed by atoms with van der Waals surface area (Å²) >= 11 is 0. The van der Waals surface area contributed by atoms with Gasteiger partial charge in [0.25, 0.3) is 0 Å². The zero-order valence-electron chi connectivity index (χ0n) is 15.1. The first-order valence-electron chi connectivity index (χ1n) is 8.36. The van der Waals surface area contributed by atoms with Gasteiger partial charge in [-0.05, 0) is 11.8 Å². The van der Waals surface area contributed by atoms with Gasteiger partial charge in [0, 0.05) is 31.6 Å². The Balaban J connectivity index is 1.94. The normalized spacial score (nSPS) is 24.3. The smallest absolute Gasteiger partial charge is 0.225 e. The molecule has 6 nitrogen and oxygen atoms in total. The van der Waals surface area contributed by atoms with Gasteiger partial charge < -0.3 is 24.3 Å². The number of carbonyl (C=O) groups excluding carboxylic acids is 1. The Labute approximate surface area is 139 Å². The molecule has 0 aromatic heterocycles. The van der Waals surface area contributed by atoms with Crippen molar-refractivity contribution in [2.45, 2.75) is 39.9 Å². The second-order valence-corrected chi connectivity index (χ2v) is 7.87. The maximum absolute atomic E-state index is 12.5. The quantitative estimate of drug-likeness (QED) is 0.768. The van der Waals surface area contributed by atoms with Crippen LogP contribution in [0.3, 0.4) is 0 Å². The van der Waals surface area contributed by atoms with Crippen LogP contribution in [-0.2, 0) is 23.7 Å². The molecule has 134 valence electrons. The molecule has 1 amide bonds. The zero-order chi connectivity index (χ0) is 17.1. The summed E-state index contributed by atoms with van der Waals surface area (Å²) < 4.78 is 22.4. The van der Waals surface area contributed by atoms with E-state index in [0.717, 1.165) is 0 Å². The molecule has 0 bridgehead atoms. The molecule has 2 fully saturated rings. The number of hydrogen-bond donors (Lipinski definition) is 1. The van der Waals surface area contributed by atoms with Crippen molar-refractivity contribution < 1.29 is 23.7 Å². The highest BCUT2D eigenvalue weighted by Gasteiger charge is 2.55. The lowest BCUT2D eigenvalue weighted by atomic mass is 9.75. The van der Waals surface area contributed by atoms with Crippen LogP contribution in [0.1, 0.15) is 34.1 Å². The molecule has 0 aromatic rings. The number of carbonyl (C=O) groups is 1. The van der Waals surface area contributed by atoms with Crippen molar-refractivity contribution >= 4 is 5.91 Å². The maximum atomic E-state index is 12.5. The Kier molecular flexibility index (Phi) is 5.72. The Morgan fingerprint density at radius 1 is 1.26 bits per heavy atom. The second-order valence-electron chi connectivity index (χ2n) is 7.87. The van der Waals surface area contributed by atoms with Gasteiger partial charge >= 0.3 is 0 Å². The molecule has 0 aliphatic carbocycles. The van der Waals surface area contributed by atoms with E-state index in [0.29, 0.717) is 46.0 Å². The van der Waals surface area contributed by atoms with E-state index in [9.17, 15) is 4.79 Å². The largest absolute Gasteiger partial charge is 0.385 e. The summed E-state index contributed by atoms with van der Waals surface area (Å²) in [6.45, 7) is 11.5. The SMILES string of the molecule is COCCC(C)(C)C(=O)NCC(C)(C)[C@@H]1COCC12OCCO2. The van der Waals surface area contributed by atoms with Crippen LogP contribution in [0.4, 0.5) is 0 Å². The molecule has 2 aliphatic heterocycles. The van der Waals surface area contributed by atoms with Crippen molar-refractivity contribution in [1.82, 2.24) is 5.32 Å². The maximum Gasteiger partial charge on any atom is 0.225 e. The molecular weight excluding hydrogens is 298 g/mol. The molecule has 1 N–H and O–H groups in total. The monoisotopic (exact) mass is 329 g/mol. The molecule has 2 aliphatic rings. The van der Waals surface area contributed by atoms with Crippen LogP contribution in [0.2, 0.25) is 0 Å². The van der Waals surface area contributed by atoms with Crippen molar-refractivity contribution in [3.8, 4) is 0 Å². The molecular formula is C17H31NO5. The molecule has 0 unspecified atom stereocenters. The first-order valence-corrected chi connectivity index (χ1v) is 8.36. The van der Waals surface area contributed by atoms with Crippen molar-refractivity contribution in [2.75, 3.05) is 46.7 Å². The minimum absolute atomic E-state index is 0.0452. The van der Waals surface area contributed by atoms with E-state index < -0.39 is 11.2 Å². The predicted octanol–water partition coefficient (Wildman–Crippen LogP) is 1.58. The van der Waals surface area contributed by atoms with Gasteiger partial charge in [-0.15, -0.1) is 0 Å². The van der Waals surface area contributed by atoms with Crippen LogP contribution in [0.15, 0.2) is 0 Å². The average molecular weight is 329 g/mol. The molecule has 2 rings (SSSR count). The Bertz CT molecular complexity index is 410. The van der Waals surface area contributed by atoms with E-state index in [4.69, 9.17) is 18.9 Å². The summed E-state index contributed by atoms with van der Waals surface area (Å²) in [5, 5.41) is 3.09. The van der Waals surface area contributed by atoms with E-state index in [-0.39, 0.29) is 17.2 Å². The second kappa shape index (κ2) is 7.05. The number of amides is 1. The summed E-state index contributed by atoms with van der Waals surface area (Å²) in [6.07, 6.45) is 0.693. The van der Waals surface area contributed by atoms with Crippen LogP contribution in [0.25, 0.3) is 0 Å². The van der Waals surface area contributed by atoms with Crippen molar-refractivity contribution in [3.05, 3.63) is 0 Å². The third-order valence-corrected chi connectivity index (χ3v) is 5.09. The van der Waals surface area contributed by atoms with Crippen LogP contribution in [-0.4, -0.2) is 58.4 Å². The van der Waals surface area contributed by atoms with E-state index in [2.05, 4.69) is 19.2 Å². The zero-order valence-corrected chi connectivity index (χ0v) is 15.1. The van der Waals surface area contributed by atoms with E-state index in [1.807, 2.05) is 13.8 Å². The molecule has 1 spiro atoms. The Morgan fingerprint density at radius 3 is 2.52 bits per heavy atom. The predicted molar refractivity (Wildman–Crippen MR) is 86.0 cm³/mol. The highest BCUT2D eigenvalue weighted by Crippen LogP contribution is 2.44. The van der Waals surface area contributed by atoms with Gasteiger partial charge in [-0.2, -0.15) is 0 Å². The van der Waals surface area contributed by atoms with Gasteiger partial charge in [0.15, 0.2) is 5.79 Å². The van der Waals surface area contributed by atoms with Crippen LogP contribution in [0.5, 0.6) is 0 Å². The number of nitrogens with one attached hydrogen (secondary N) is 1. The summed E-state index contributed by atoms with van der Waals surface area (Å²) in [5.74, 6) is -0.497. The molecule has 2 heterocycles. The van der Waals surface area contributed by atoms with Gasteiger partial charge in [0.05, 0.1) is 19.8 Å². The lowest BCUT2D eigenvalue weighted by Gasteiger charge is -2.39. The highest BCUT2D eigenvalue weighted by molar-refractivity contribution is 5.81. The highest BCUT2D eigenvalue weighted by atomic mass is 16.8. The number of methoxy groups -OCH3 is 1. The molecule has 23 heavy (non-hydrogen) atoms. The minimum Gasteiger partial charge on any atom is -0.385 e. The number of hydrogen-bond acceptors (Lipinski definition) is 5. The lowest BCUT2D eigenvalue weighted by molar-refractivity contribution is -0.197. The fourth-order valence-corrected chi connectivity index (χ4v) is 3.26. The molecule has 0 aromatic carbocycles. The van der Waals surface area contributed by atoms with Crippen molar-refractivity contribution in [1.29, 1.82) is 0 Å². The van der Waals surface area contributed by atoms with Gasteiger partial charge in [0.2, 0.25) is 5.91 Å². The number of rotatable bonds is 7. The third-order valence-electron chi connectivity index (χ3n) is 5.09. The molecule has 6 heteroatoms. The van der Waals surface area contributed by atoms with Crippen molar-refractivity contribution in [2.24, 2.45) is 16.7 Å². The third kappa shape index (κ3) is 4.05. The van der Waals surface area contributed by atoms with Gasteiger partial charge in [-0.1, -0.05) is 27.7 Å². The van der Waals surface area contributed by atoms with Gasteiger partial charge in [0.1, 0.15) is 6.61 Å². The van der Waals surface area contributed by atoms with E-state index >= 15 is 0 Å².